The van der Waals surface area contributed by atoms with Crippen LogP contribution in [0.2, 0.25) is 0 Å². The maximum atomic E-state index is 6.33. The van der Waals surface area contributed by atoms with Crippen molar-refractivity contribution in [3.63, 3.8) is 0 Å². The van der Waals surface area contributed by atoms with Gasteiger partial charge in [0.25, 0.3) is 0 Å². The van der Waals surface area contributed by atoms with Gasteiger partial charge in [0.15, 0.2) is 0 Å². The molecule has 0 fully saturated rings. The molecule has 250 valence electrons. The van der Waals surface area contributed by atoms with Crippen LogP contribution in [0.25, 0.3) is 64.0 Å². The summed E-state index contributed by atoms with van der Waals surface area (Å²) in [7, 11) is 0. The fourth-order valence-electron chi connectivity index (χ4n) is 7.79. The van der Waals surface area contributed by atoms with Crippen molar-refractivity contribution in [3.8, 4) is 0 Å². The third kappa shape index (κ3) is 4.90. The van der Waals surface area contributed by atoms with Gasteiger partial charge in [0.2, 0.25) is 0 Å². The molecule has 8 aromatic carbocycles. The van der Waals surface area contributed by atoms with Crippen molar-refractivity contribution in [2.75, 3.05) is 9.80 Å². The summed E-state index contributed by atoms with van der Waals surface area (Å²) < 4.78 is 15.0. The topological polar surface area (TPSA) is 32.8 Å². The van der Waals surface area contributed by atoms with E-state index in [2.05, 4.69) is 168 Å². The van der Waals surface area contributed by atoms with Crippen LogP contribution < -0.4 is 9.80 Å². The van der Waals surface area contributed by atoms with E-state index < -0.39 is 0 Å². The van der Waals surface area contributed by atoms with Gasteiger partial charge in [0.1, 0.15) is 22.3 Å². The third-order valence-electron chi connectivity index (χ3n) is 10.2. The van der Waals surface area contributed by atoms with E-state index >= 15 is 0 Å². The molecule has 4 nitrogen and oxygen atoms in total. The van der Waals surface area contributed by atoms with Crippen LogP contribution in [0.4, 0.5) is 34.1 Å². The number of furan rings is 2. The molecule has 0 saturated carbocycles. The molecule has 0 radical (unpaired) electrons. The number of anilines is 6. The van der Waals surface area contributed by atoms with Crippen molar-refractivity contribution in [2.24, 2.45) is 0 Å². The molecule has 0 amide bonds. The minimum Gasteiger partial charge on any atom is -0.456 e. The van der Waals surface area contributed by atoms with E-state index in [1.807, 2.05) is 35.6 Å². The SMILES string of the molecule is c1ccc(N(c2ccc3c(c2)sc2ccc(N(c4ccccc4)c4ccc5c(c4)oc4ccccc45)cc23)c2ccc3oc4ccccc4c3c2)cc1. The number of fused-ring (bicyclic) bond motifs is 9. The van der Waals surface area contributed by atoms with Gasteiger partial charge in [-0.2, -0.15) is 0 Å². The maximum Gasteiger partial charge on any atom is 0.137 e. The fourth-order valence-corrected chi connectivity index (χ4v) is 8.91. The lowest BCUT2D eigenvalue weighted by Gasteiger charge is -2.26. The van der Waals surface area contributed by atoms with Crippen molar-refractivity contribution < 1.29 is 8.83 Å². The number of hydrogen-bond donors (Lipinski definition) is 0. The molecule has 53 heavy (non-hydrogen) atoms. The van der Waals surface area contributed by atoms with Gasteiger partial charge in [-0.25, -0.2) is 0 Å². The lowest BCUT2D eigenvalue weighted by atomic mass is 10.1. The van der Waals surface area contributed by atoms with Crippen molar-refractivity contribution in [3.05, 3.63) is 182 Å². The van der Waals surface area contributed by atoms with Crippen LogP contribution in [0.3, 0.4) is 0 Å². The molecular weight excluding hydrogens is 669 g/mol. The summed E-state index contributed by atoms with van der Waals surface area (Å²) in [5.74, 6) is 0. The van der Waals surface area contributed by atoms with E-state index in [0.29, 0.717) is 0 Å². The summed E-state index contributed by atoms with van der Waals surface area (Å²) in [6.07, 6.45) is 0. The van der Waals surface area contributed by atoms with E-state index in [9.17, 15) is 0 Å². The Balaban J connectivity index is 1.04. The molecule has 3 heterocycles. The average Bonchev–Trinajstić information content (AvgIpc) is 3.89. The third-order valence-corrected chi connectivity index (χ3v) is 11.4. The molecule has 5 heteroatoms. The first-order chi connectivity index (χ1) is 26.2. The molecule has 0 aliphatic rings. The van der Waals surface area contributed by atoms with Gasteiger partial charge >= 0.3 is 0 Å². The van der Waals surface area contributed by atoms with Crippen LogP contribution >= 0.6 is 11.3 Å². The van der Waals surface area contributed by atoms with Gasteiger partial charge in [0, 0.05) is 81.9 Å². The zero-order valence-electron chi connectivity index (χ0n) is 28.4. The molecule has 3 aromatic heterocycles. The van der Waals surface area contributed by atoms with Gasteiger partial charge in [-0.1, -0.05) is 78.9 Å². The Morgan fingerprint density at radius 2 is 0.755 bits per heavy atom. The highest BCUT2D eigenvalue weighted by molar-refractivity contribution is 7.25. The normalized spacial score (nSPS) is 11.8. The molecule has 0 N–H and O–H groups in total. The average molecular weight is 699 g/mol. The highest BCUT2D eigenvalue weighted by Crippen LogP contribution is 2.45. The Kier molecular flexibility index (Phi) is 6.69. The second-order valence-corrected chi connectivity index (χ2v) is 14.4. The highest BCUT2D eigenvalue weighted by Gasteiger charge is 2.19. The van der Waals surface area contributed by atoms with E-state index in [0.717, 1.165) is 78.0 Å². The predicted octanol–water partition coefficient (Wildman–Crippen LogP) is 14.8. The quantitative estimate of drug-likeness (QED) is 0.173. The monoisotopic (exact) mass is 698 g/mol. The van der Waals surface area contributed by atoms with E-state index in [-0.39, 0.29) is 0 Å². The van der Waals surface area contributed by atoms with Crippen LogP contribution in [0, 0.1) is 0 Å². The highest BCUT2D eigenvalue weighted by atomic mass is 32.1. The minimum atomic E-state index is 0.877. The standard InChI is InChI=1S/C48H30N2O2S/c1-3-11-31(12-4-1)49(35-19-23-39-37-15-7-9-17-43(37)52-46(39)29-35)34-22-26-47-42(28-34)40-24-20-36(30-48(40)53-47)50(32-13-5-2-6-14-32)33-21-25-45-41(27-33)38-16-8-10-18-44(38)51-45/h1-30H. The zero-order chi connectivity index (χ0) is 34.9. The number of thiophene rings is 1. The molecule has 0 saturated heterocycles. The van der Waals surface area contributed by atoms with E-state index in [1.165, 1.54) is 20.2 Å². The smallest absolute Gasteiger partial charge is 0.137 e. The second kappa shape index (κ2) is 11.9. The fraction of sp³-hybridized carbons (Fsp3) is 0. The summed E-state index contributed by atoms with van der Waals surface area (Å²) in [5.41, 5.74) is 10.1. The zero-order valence-corrected chi connectivity index (χ0v) is 29.3. The molecule has 0 bridgehead atoms. The molecular formula is C48H30N2O2S. The minimum absolute atomic E-state index is 0.877. The lowest BCUT2D eigenvalue weighted by Crippen LogP contribution is -2.09. The number of rotatable bonds is 6. The number of hydrogen-bond acceptors (Lipinski definition) is 5. The molecule has 0 spiro atoms. The molecule has 0 aliphatic heterocycles. The Morgan fingerprint density at radius 3 is 1.45 bits per heavy atom. The first kappa shape index (κ1) is 29.9. The first-order valence-electron chi connectivity index (χ1n) is 17.7. The van der Waals surface area contributed by atoms with Crippen molar-refractivity contribution in [1.82, 2.24) is 0 Å². The lowest BCUT2D eigenvalue weighted by molar-refractivity contribution is 0.668. The van der Waals surface area contributed by atoms with E-state index in [1.54, 1.807) is 0 Å². The Bertz CT molecular complexity index is 3140. The van der Waals surface area contributed by atoms with Gasteiger partial charge in [-0.3, -0.25) is 0 Å². The summed E-state index contributed by atoms with van der Waals surface area (Å²) >= 11 is 1.83. The molecule has 0 unspecified atom stereocenters. The Labute approximate surface area is 308 Å². The molecule has 0 aliphatic carbocycles. The predicted molar refractivity (Wildman–Crippen MR) is 223 cm³/mol. The number of nitrogens with zero attached hydrogens (tertiary/aromatic N) is 2. The van der Waals surface area contributed by atoms with Crippen LogP contribution in [0.1, 0.15) is 0 Å². The summed E-state index contributed by atoms with van der Waals surface area (Å²) in [6.45, 7) is 0. The second-order valence-electron chi connectivity index (χ2n) is 13.4. The number of benzene rings is 8. The van der Waals surface area contributed by atoms with Crippen molar-refractivity contribution in [2.45, 2.75) is 0 Å². The molecule has 11 aromatic rings. The largest absolute Gasteiger partial charge is 0.456 e. The maximum absolute atomic E-state index is 6.33. The summed E-state index contributed by atoms with van der Waals surface area (Å²) in [6, 6.07) is 64.3. The Hall–Kier alpha value is -6.82. The first-order valence-corrected chi connectivity index (χ1v) is 18.6. The summed E-state index contributed by atoms with van der Waals surface area (Å²) in [4.78, 5) is 4.65. The van der Waals surface area contributed by atoms with Crippen LogP contribution in [0.5, 0.6) is 0 Å². The van der Waals surface area contributed by atoms with Crippen molar-refractivity contribution in [1.29, 1.82) is 0 Å². The van der Waals surface area contributed by atoms with Crippen LogP contribution in [-0.2, 0) is 0 Å². The van der Waals surface area contributed by atoms with Crippen LogP contribution in [-0.4, -0.2) is 0 Å². The molecule has 0 atom stereocenters. The van der Waals surface area contributed by atoms with Crippen LogP contribution in [0.15, 0.2) is 191 Å². The summed E-state index contributed by atoms with van der Waals surface area (Å²) in [5, 5.41) is 6.95. The van der Waals surface area contributed by atoms with Gasteiger partial charge in [0.05, 0.1) is 0 Å². The van der Waals surface area contributed by atoms with Gasteiger partial charge in [-0.05, 0) is 97.1 Å². The molecule has 11 rings (SSSR count). The Morgan fingerprint density at radius 1 is 0.283 bits per heavy atom. The number of para-hydroxylation sites is 4. The van der Waals surface area contributed by atoms with Gasteiger partial charge in [-0.15, -0.1) is 11.3 Å². The van der Waals surface area contributed by atoms with Crippen molar-refractivity contribution >= 4 is 110 Å². The van der Waals surface area contributed by atoms with Gasteiger partial charge < -0.3 is 18.6 Å². The van der Waals surface area contributed by atoms with E-state index in [4.69, 9.17) is 8.83 Å².